The summed E-state index contributed by atoms with van der Waals surface area (Å²) in [4.78, 5) is 17.4. The Labute approximate surface area is 155 Å². The molecule has 8 heteroatoms. The molecule has 1 amide bonds. The van der Waals surface area contributed by atoms with Crippen LogP contribution in [0.1, 0.15) is 54.3 Å². The number of hydrogen-bond donors (Lipinski definition) is 1. The van der Waals surface area contributed by atoms with Crippen molar-refractivity contribution in [3.8, 4) is 11.4 Å². The van der Waals surface area contributed by atoms with Crippen molar-refractivity contribution in [1.29, 1.82) is 0 Å². The SMILES string of the molecule is CC(C)(C)c1ncc(C(=O)Nc2ccc(-c3nnnn3C3CC3)cc2)s1. The highest BCUT2D eigenvalue weighted by atomic mass is 32.1. The van der Waals surface area contributed by atoms with Crippen molar-refractivity contribution in [3.05, 3.63) is 40.3 Å². The first kappa shape index (κ1) is 16.8. The highest BCUT2D eigenvalue weighted by Gasteiger charge is 2.28. The zero-order valence-corrected chi connectivity index (χ0v) is 15.7. The van der Waals surface area contributed by atoms with Crippen LogP contribution < -0.4 is 5.32 Å². The summed E-state index contributed by atoms with van der Waals surface area (Å²) in [5, 5.41) is 15.8. The summed E-state index contributed by atoms with van der Waals surface area (Å²) in [5.41, 5.74) is 1.61. The number of rotatable bonds is 4. The van der Waals surface area contributed by atoms with E-state index in [0.29, 0.717) is 10.9 Å². The molecule has 0 spiro atoms. The number of tetrazole rings is 1. The second kappa shape index (κ2) is 6.28. The van der Waals surface area contributed by atoms with Crippen molar-refractivity contribution < 1.29 is 4.79 Å². The average molecular weight is 368 g/mol. The Morgan fingerprint density at radius 2 is 1.96 bits per heavy atom. The van der Waals surface area contributed by atoms with Gasteiger partial charge >= 0.3 is 0 Å². The van der Waals surface area contributed by atoms with Crippen LogP contribution in [0.4, 0.5) is 5.69 Å². The molecular formula is C18H20N6OS. The molecule has 26 heavy (non-hydrogen) atoms. The number of carbonyl (C=O) groups is 1. The van der Waals surface area contributed by atoms with E-state index in [1.165, 1.54) is 11.3 Å². The minimum Gasteiger partial charge on any atom is -0.321 e. The molecule has 0 unspecified atom stereocenters. The van der Waals surface area contributed by atoms with E-state index in [1.807, 2.05) is 28.9 Å². The Bertz CT molecular complexity index is 933. The first-order valence-corrected chi connectivity index (χ1v) is 9.39. The van der Waals surface area contributed by atoms with Crippen LogP contribution in [0.5, 0.6) is 0 Å². The van der Waals surface area contributed by atoms with Gasteiger partial charge in [0.05, 0.1) is 17.2 Å². The third-order valence-corrected chi connectivity index (χ3v) is 5.58. The molecule has 0 atom stereocenters. The van der Waals surface area contributed by atoms with Gasteiger partial charge in [0.1, 0.15) is 4.88 Å². The predicted octanol–water partition coefficient (Wildman–Crippen LogP) is 3.68. The van der Waals surface area contributed by atoms with E-state index < -0.39 is 0 Å². The van der Waals surface area contributed by atoms with Crippen LogP contribution in [0.15, 0.2) is 30.5 Å². The highest BCUT2D eigenvalue weighted by Crippen LogP contribution is 2.36. The van der Waals surface area contributed by atoms with E-state index in [4.69, 9.17) is 0 Å². The number of benzene rings is 1. The van der Waals surface area contributed by atoms with Crippen molar-refractivity contribution >= 4 is 22.9 Å². The number of anilines is 1. The molecule has 7 nitrogen and oxygen atoms in total. The summed E-state index contributed by atoms with van der Waals surface area (Å²) in [6, 6.07) is 8.00. The normalized spacial score (nSPS) is 14.4. The third kappa shape index (κ3) is 3.37. The van der Waals surface area contributed by atoms with Gasteiger partial charge in [-0.05, 0) is 47.5 Å². The minimum atomic E-state index is -0.145. The van der Waals surface area contributed by atoms with Crippen molar-refractivity contribution in [1.82, 2.24) is 25.2 Å². The maximum absolute atomic E-state index is 12.4. The zero-order chi connectivity index (χ0) is 18.3. The molecule has 0 bridgehead atoms. The van der Waals surface area contributed by atoms with Crippen molar-refractivity contribution in [3.63, 3.8) is 0 Å². The van der Waals surface area contributed by atoms with Crippen LogP contribution in [0, 0.1) is 0 Å². The fourth-order valence-electron chi connectivity index (χ4n) is 2.57. The summed E-state index contributed by atoms with van der Waals surface area (Å²) >= 11 is 1.43. The second-order valence-corrected chi connectivity index (χ2v) is 8.52. The number of carbonyl (C=O) groups excluding carboxylic acids is 1. The summed E-state index contributed by atoms with van der Waals surface area (Å²) in [5.74, 6) is 0.621. The lowest BCUT2D eigenvalue weighted by molar-refractivity contribution is 0.103. The van der Waals surface area contributed by atoms with E-state index in [2.05, 4.69) is 46.6 Å². The lowest BCUT2D eigenvalue weighted by Crippen LogP contribution is -2.11. The monoisotopic (exact) mass is 368 g/mol. The number of nitrogens with zero attached hydrogens (tertiary/aromatic N) is 5. The number of aromatic nitrogens is 5. The van der Waals surface area contributed by atoms with Crippen LogP contribution in [0.2, 0.25) is 0 Å². The average Bonchev–Trinajstić information content (AvgIpc) is 3.12. The zero-order valence-electron chi connectivity index (χ0n) is 14.9. The summed E-state index contributed by atoms with van der Waals surface area (Å²) in [6.07, 6.45) is 3.88. The third-order valence-electron chi connectivity index (χ3n) is 4.16. The van der Waals surface area contributed by atoms with Gasteiger partial charge in [-0.3, -0.25) is 4.79 Å². The Hall–Kier alpha value is -2.61. The van der Waals surface area contributed by atoms with Gasteiger partial charge in [0.25, 0.3) is 5.91 Å². The van der Waals surface area contributed by atoms with Crippen LogP contribution in [0.25, 0.3) is 11.4 Å². The van der Waals surface area contributed by atoms with Crippen molar-refractivity contribution in [2.75, 3.05) is 5.32 Å². The highest BCUT2D eigenvalue weighted by molar-refractivity contribution is 7.13. The lowest BCUT2D eigenvalue weighted by Gasteiger charge is -2.13. The Balaban J connectivity index is 1.48. The molecule has 134 valence electrons. The van der Waals surface area contributed by atoms with E-state index in [0.717, 1.165) is 34.9 Å². The van der Waals surface area contributed by atoms with Gasteiger partial charge in [-0.25, -0.2) is 9.67 Å². The fraction of sp³-hybridized carbons (Fsp3) is 0.389. The van der Waals surface area contributed by atoms with Gasteiger partial charge in [0.2, 0.25) is 0 Å². The molecule has 3 aromatic rings. The molecule has 2 heterocycles. The molecule has 1 N–H and O–H groups in total. The summed E-state index contributed by atoms with van der Waals surface area (Å²) < 4.78 is 1.87. The van der Waals surface area contributed by atoms with E-state index in [-0.39, 0.29) is 11.3 Å². The van der Waals surface area contributed by atoms with Crippen LogP contribution in [0.3, 0.4) is 0 Å². The molecule has 4 rings (SSSR count). The quantitative estimate of drug-likeness (QED) is 0.759. The van der Waals surface area contributed by atoms with Crippen LogP contribution >= 0.6 is 11.3 Å². The first-order chi connectivity index (χ1) is 12.4. The smallest absolute Gasteiger partial charge is 0.267 e. The molecule has 0 radical (unpaired) electrons. The number of amides is 1. The maximum atomic E-state index is 12.4. The fourth-order valence-corrected chi connectivity index (χ4v) is 3.44. The number of hydrogen-bond acceptors (Lipinski definition) is 6. The topological polar surface area (TPSA) is 85.6 Å². The van der Waals surface area contributed by atoms with Gasteiger partial charge in [-0.1, -0.05) is 20.8 Å². The second-order valence-electron chi connectivity index (χ2n) is 7.49. The van der Waals surface area contributed by atoms with E-state index in [9.17, 15) is 4.79 Å². The van der Waals surface area contributed by atoms with Crippen LogP contribution in [-0.4, -0.2) is 31.1 Å². The van der Waals surface area contributed by atoms with E-state index in [1.54, 1.807) is 6.20 Å². The maximum Gasteiger partial charge on any atom is 0.267 e. The van der Waals surface area contributed by atoms with Gasteiger partial charge in [0, 0.05) is 16.7 Å². The van der Waals surface area contributed by atoms with Gasteiger partial charge in [-0.15, -0.1) is 16.4 Å². The largest absolute Gasteiger partial charge is 0.321 e. The Kier molecular flexibility index (Phi) is 4.07. The summed E-state index contributed by atoms with van der Waals surface area (Å²) in [7, 11) is 0. The molecule has 1 aromatic carbocycles. The van der Waals surface area contributed by atoms with Gasteiger partial charge in [0.15, 0.2) is 5.82 Å². The molecule has 0 aliphatic heterocycles. The van der Waals surface area contributed by atoms with Gasteiger partial charge < -0.3 is 5.32 Å². The molecule has 1 aliphatic rings. The lowest BCUT2D eigenvalue weighted by atomic mass is 9.98. The molecular weight excluding hydrogens is 348 g/mol. The standard InChI is InChI=1S/C18H20N6OS/c1-18(2,3)17-19-10-14(26-17)16(25)20-12-6-4-11(5-7-12)15-21-22-23-24(15)13-8-9-13/h4-7,10,13H,8-9H2,1-3H3,(H,20,25). The molecule has 2 aromatic heterocycles. The Morgan fingerprint density at radius 3 is 2.58 bits per heavy atom. The summed E-state index contributed by atoms with van der Waals surface area (Å²) in [6.45, 7) is 6.25. The molecule has 0 saturated heterocycles. The first-order valence-electron chi connectivity index (χ1n) is 8.58. The predicted molar refractivity (Wildman–Crippen MR) is 100 cm³/mol. The minimum absolute atomic E-state index is 0.0591. The number of nitrogens with one attached hydrogen (secondary N) is 1. The number of thiazole rings is 1. The molecule has 1 fully saturated rings. The molecule has 1 aliphatic carbocycles. The van der Waals surface area contributed by atoms with Crippen LogP contribution in [-0.2, 0) is 5.41 Å². The van der Waals surface area contributed by atoms with E-state index >= 15 is 0 Å². The van der Waals surface area contributed by atoms with Crippen molar-refractivity contribution in [2.45, 2.75) is 45.1 Å². The van der Waals surface area contributed by atoms with Crippen molar-refractivity contribution in [2.24, 2.45) is 0 Å². The van der Waals surface area contributed by atoms with Gasteiger partial charge in [-0.2, -0.15) is 0 Å². The Morgan fingerprint density at radius 1 is 1.23 bits per heavy atom. The molecule has 1 saturated carbocycles.